The fourth-order valence-electron chi connectivity index (χ4n) is 6.18. The largest absolute Gasteiger partial charge is 0.486 e. The van der Waals surface area contributed by atoms with Crippen LogP contribution in [0.1, 0.15) is 36.7 Å². The molecule has 0 unspecified atom stereocenters. The third kappa shape index (κ3) is 9.43. The van der Waals surface area contributed by atoms with Gasteiger partial charge in [0.1, 0.15) is 47.1 Å². The molecule has 0 aliphatic rings. The summed E-state index contributed by atoms with van der Waals surface area (Å²) in [7, 11) is 3.76. The lowest BCUT2D eigenvalue weighted by atomic mass is 10.1. The molecule has 0 amide bonds. The van der Waals surface area contributed by atoms with Gasteiger partial charge >= 0.3 is 0 Å². The van der Waals surface area contributed by atoms with Crippen molar-refractivity contribution in [3.63, 3.8) is 0 Å². The summed E-state index contributed by atoms with van der Waals surface area (Å²) in [6, 6.07) is 20.8. The van der Waals surface area contributed by atoms with E-state index in [-0.39, 0.29) is 0 Å². The van der Waals surface area contributed by atoms with Crippen molar-refractivity contribution in [1.29, 1.82) is 0 Å². The Kier molecular flexibility index (Phi) is 11.3. The van der Waals surface area contributed by atoms with Crippen LogP contribution in [0.25, 0.3) is 44.3 Å². The van der Waals surface area contributed by atoms with Gasteiger partial charge in [0.25, 0.3) is 0 Å². The smallest absolute Gasteiger partial charge is 0.154 e. The molecule has 15 nitrogen and oxygen atoms in total. The molecule has 294 valence electrons. The summed E-state index contributed by atoms with van der Waals surface area (Å²) >= 11 is 5.99. The Hall–Kier alpha value is -7.39. The first kappa shape index (κ1) is 38.5. The van der Waals surface area contributed by atoms with Crippen LogP contribution >= 0.6 is 11.6 Å². The van der Waals surface area contributed by atoms with Gasteiger partial charge in [0.05, 0.1) is 40.7 Å². The molecule has 16 heteroatoms. The van der Waals surface area contributed by atoms with E-state index >= 15 is 0 Å². The highest BCUT2D eigenvalue weighted by Gasteiger charge is 2.15. The van der Waals surface area contributed by atoms with Gasteiger partial charge in [-0.15, -0.1) is 5.10 Å². The minimum absolute atomic E-state index is 0.319. The Morgan fingerprint density at radius 2 is 1.22 bits per heavy atom. The van der Waals surface area contributed by atoms with Gasteiger partial charge in [0, 0.05) is 73.5 Å². The lowest BCUT2D eigenvalue weighted by molar-refractivity contribution is 0.299. The van der Waals surface area contributed by atoms with Crippen LogP contribution in [0.2, 0.25) is 5.15 Å². The number of pyridine rings is 6. The minimum Gasteiger partial charge on any atom is -0.486 e. The first-order valence-corrected chi connectivity index (χ1v) is 19.0. The molecule has 0 atom stereocenters. The van der Waals surface area contributed by atoms with Crippen molar-refractivity contribution in [2.75, 3.05) is 5.32 Å². The Morgan fingerprint density at radius 1 is 0.644 bits per heavy atom. The summed E-state index contributed by atoms with van der Waals surface area (Å²) in [6.07, 6.45) is 16.1. The van der Waals surface area contributed by atoms with Crippen LogP contribution in [-0.2, 0) is 27.3 Å². The van der Waals surface area contributed by atoms with Crippen molar-refractivity contribution in [2.24, 2.45) is 14.1 Å². The monoisotopic (exact) mass is 803 g/mol. The number of nitrogens with one attached hydrogen (secondary N) is 1. The van der Waals surface area contributed by atoms with Crippen molar-refractivity contribution in [2.45, 2.75) is 33.0 Å². The van der Waals surface area contributed by atoms with Crippen LogP contribution in [0, 0.1) is 0 Å². The Balaban J connectivity index is 0.000000172. The SMILES string of the molecule is CC(C)c1cnnc(Nc2ccc3ncc(-c4cn(C)nc4COc4cccnc4)cc3n2)c1.Cn1cc(-c2cnc3ccc(Cl)nc3c2)c(COc2cccnc2)n1. The van der Waals surface area contributed by atoms with Gasteiger partial charge in [-0.05, 0) is 78.2 Å². The van der Waals surface area contributed by atoms with Crippen LogP contribution in [0.15, 0.2) is 123 Å². The van der Waals surface area contributed by atoms with Crippen LogP contribution in [0.5, 0.6) is 11.5 Å². The maximum Gasteiger partial charge on any atom is 0.154 e. The average molecular weight is 804 g/mol. The third-order valence-electron chi connectivity index (χ3n) is 9.09. The van der Waals surface area contributed by atoms with E-state index in [9.17, 15) is 0 Å². The number of halogens is 1. The van der Waals surface area contributed by atoms with E-state index in [1.807, 2.05) is 99.5 Å². The zero-order chi connectivity index (χ0) is 40.7. The second-order valence-corrected chi connectivity index (χ2v) is 14.2. The predicted octanol–water partition coefficient (Wildman–Crippen LogP) is 8.32. The van der Waals surface area contributed by atoms with Gasteiger partial charge in [0.2, 0.25) is 0 Å². The summed E-state index contributed by atoms with van der Waals surface area (Å²) in [5, 5.41) is 21.0. The summed E-state index contributed by atoms with van der Waals surface area (Å²) in [6.45, 7) is 4.90. The van der Waals surface area contributed by atoms with Crippen molar-refractivity contribution in [3.8, 4) is 33.8 Å². The fraction of sp³-hybridized carbons (Fsp3) is 0.163. The number of nitrogens with zero attached hydrogens (tertiary/aromatic N) is 12. The number of aryl methyl sites for hydroxylation is 2. The maximum atomic E-state index is 5.99. The Labute approximate surface area is 344 Å². The summed E-state index contributed by atoms with van der Waals surface area (Å²) in [4.78, 5) is 26.3. The van der Waals surface area contributed by atoms with Gasteiger partial charge in [-0.25, -0.2) is 9.97 Å². The van der Waals surface area contributed by atoms with Crippen LogP contribution < -0.4 is 14.8 Å². The molecule has 9 aromatic heterocycles. The molecular formula is C43H38ClN13O2. The predicted molar refractivity (Wildman–Crippen MR) is 225 cm³/mol. The number of hydrogen-bond donors (Lipinski definition) is 1. The average Bonchev–Trinajstić information content (AvgIpc) is 3.83. The van der Waals surface area contributed by atoms with Gasteiger partial charge in [-0.3, -0.25) is 29.3 Å². The molecule has 0 saturated heterocycles. The minimum atomic E-state index is 0.319. The quantitative estimate of drug-likeness (QED) is 0.124. The maximum absolute atomic E-state index is 5.99. The lowest BCUT2D eigenvalue weighted by Crippen LogP contribution is -2.01. The van der Waals surface area contributed by atoms with E-state index in [1.54, 1.807) is 46.4 Å². The van der Waals surface area contributed by atoms with Crippen LogP contribution in [-0.4, -0.2) is 59.7 Å². The van der Waals surface area contributed by atoms with E-state index < -0.39 is 0 Å². The van der Waals surface area contributed by atoms with Gasteiger partial charge in [0.15, 0.2) is 5.82 Å². The Bertz CT molecular complexity index is 2850. The first-order chi connectivity index (χ1) is 28.7. The molecule has 0 fully saturated rings. The lowest BCUT2D eigenvalue weighted by Gasteiger charge is -2.09. The summed E-state index contributed by atoms with van der Waals surface area (Å²) < 4.78 is 15.2. The van der Waals surface area contributed by atoms with E-state index in [0.717, 1.165) is 61.3 Å². The van der Waals surface area contributed by atoms with E-state index in [4.69, 9.17) is 26.1 Å². The number of anilines is 2. The number of fused-ring (bicyclic) bond motifs is 2. The summed E-state index contributed by atoms with van der Waals surface area (Å²) in [5.41, 5.74) is 9.55. The molecule has 0 spiro atoms. The zero-order valence-electron chi connectivity index (χ0n) is 32.6. The van der Waals surface area contributed by atoms with Crippen LogP contribution in [0.4, 0.5) is 11.6 Å². The molecule has 0 aromatic carbocycles. The second kappa shape index (κ2) is 17.4. The topological polar surface area (TPSA) is 169 Å². The summed E-state index contributed by atoms with van der Waals surface area (Å²) in [5.74, 6) is 3.09. The van der Waals surface area contributed by atoms with Gasteiger partial charge in [-0.2, -0.15) is 15.3 Å². The molecule has 0 bridgehead atoms. The molecule has 0 aliphatic carbocycles. The zero-order valence-corrected chi connectivity index (χ0v) is 33.4. The van der Waals surface area contributed by atoms with Gasteiger partial charge in [-0.1, -0.05) is 25.4 Å². The molecule has 59 heavy (non-hydrogen) atoms. The standard InChI is InChI=1S/C25H24N8O.C18H14ClN5O/c1-16(2)17-10-25(31-28-12-17)30-24-7-6-21-22(29-24)9-18(11-27-21)20-14-33(3)32-23(20)15-34-19-5-4-8-26-13-19;1-24-10-14(17(23-24)11-25-13-3-2-6-20-9-13)12-7-16-15(21-8-12)4-5-18(19)22-16/h4-14,16H,15H2,1-3H3,(H,29,30,31);2-10H,11H2,1H3. The van der Waals surface area contributed by atoms with E-state index in [1.165, 1.54) is 0 Å². The first-order valence-electron chi connectivity index (χ1n) is 18.6. The fourth-order valence-corrected chi connectivity index (χ4v) is 6.33. The number of hydrogen-bond acceptors (Lipinski definition) is 13. The third-order valence-corrected chi connectivity index (χ3v) is 9.30. The van der Waals surface area contributed by atoms with Crippen molar-refractivity contribution < 1.29 is 9.47 Å². The molecular weight excluding hydrogens is 766 g/mol. The molecule has 9 rings (SSSR count). The van der Waals surface area contributed by atoms with E-state index in [2.05, 4.69) is 64.5 Å². The number of aromatic nitrogens is 12. The highest BCUT2D eigenvalue weighted by molar-refractivity contribution is 6.29. The van der Waals surface area contributed by atoms with Crippen LogP contribution in [0.3, 0.4) is 0 Å². The van der Waals surface area contributed by atoms with Crippen molar-refractivity contribution in [3.05, 3.63) is 145 Å². The molecule has 0 aliphatic heterocycles. The molecule has 9 heterocycles. The normalized spacial score (nSPS) is 11.1. The second-order valence-electron chi connectivity index (χ2n) is 13.8. The van der Waals surface area contributed by atoms with Crippen molar-refractivity contribution >= 4 is 45.3 Å². The molecule has 1 N–H and O–H groups in total. The number of ether oxygens (including phenoxy) is 2. The number of rotatable bonds is 11. The molecule has 0 saturated carbocycles. The highest BCUT2D eigenvalue weighted by Crippen LogP contribution is 2.29. The molecule has 0 radical (unpaired) electrons. The van der Waals surface area contributed by atoms with Gasteiger partial charge < -0.3 is 14.8 Å². The Morgan fingerprint density at radius 3 is 1.78 bits per heavy atom. The van der Waals surface area contributed by atoms with E-state index in [0.29, 0.717) is 47.4 Å². The van der Waals surface area contributed by atoms with Crippen molar-refractivity contribution in [1.82, 2.24) is 59.7 Å². The highest BCUT2D eigenvalue weighted by atomic mass is 35.5. The molecule has 9 aromatic rings.